The molecule has 2 aromatic rings. The number of aryl methyl sites for hydroxylation is 1. The van der Waals surface area contributed by atoms with E-state index in [2.05, 4.69) is 19.5 Å². The monoisotopic (exact) mass is 461 g/mol. The van der Waals surface area contributed by atoms with Crippen molar-refractivity contribution in [1.82, 2.24) is 24.4 Å². The van der Waals surface area contributed by atoms with Crippen LogP contribution in [0.2, 0.25) is 0 Å². The number of methoxy groups -OCH3 is 1. The number of ether oxygens (including phenoxy) is 1. The number of carbonyl (C=O) groups excluding carboxylic acids is 1. The number of amides is 1. The largest absolute Gasteiger partial charge is 0.497 e. The van der Waals surface area contributed by atoms with E-state index in [9.17, 15) is 13.2 Å². The molecule has 1 aromatic carbocycles. The van der Waals surface area contributed by atoms with Crippen LogP contribution in [-0.2, 0) is 27.8 Å². The van der Waals surface area contributed by atoms with Crippen molar-refractivity contribution in [3.8, 4) is 5.75 Å². The molecular weight excluding hydrogens is 430 g/mol. The van der Waals surface area contributed by atoms with Gasteiger partial charge in [0.25, 0.3) is 0 Å². The molecule has 0 aliphatic carbocycles. The topological polar surface area (TPSA) is 106 Å². The maximum absolute atomic E-state index is 13.1. The molecule has 9 nitrogen and oxygen atoms in total. The van der Waals surface area contributed by atoms with Crippen molar-refractivity contribution in [2.45, 2.75) is 68.8 Å². The normalized spacial score (nSPS) is 20.3. The molecule has 4 rings (SSSR count). The second-order valence-electron chi connectivity index (χ2n) is 8.58. The number of sulfonamides is 1. The lowest BCUT2D eigenvalue weighted by atomic mass is 9.96. The van der Waals surface area contributed by atoms with Crippen molar-refractivity contribution in [1.29, 1.82) is 0 Å². The van der Waals surface area contributed by atoms with Crippen LogP contribution in [0, 0.1) is 0 Å². The predicted octanol–water partition coefficient (Wildman–Crippen LogP) is 2.09. The lowest BCUT2D eigenvalue weighted by Gasteiger charge is -2.34. The van der Waals surface area contributed by atoms with Gasteiger partial charge in [-0.1, -0.05) is 6.42 Å². The van der Waals surface area contributed by atoms with Gasteiger partial charge in [-0.3, -0.25) is 4.79 Å². The highest BCUT2D eigenvalue weighted by Crippen LogP contribution is 2.28. The summed E-state index contributed by atoms with van der Waals surface area (Å²) in [5.74, 6) is 2.48. The molecule has 1 saturated heterocycles. The Balaban J connectivity index is 1.43. The minimum atomic E-state index is -3.82. The van der Waals surface area contributed by atoms with Gasteiger partial charge in [0, 0.05) is 32.0 Å². The van der Waals surface area contributed by atoms with Crippen LogP contribution in [0.4, 0.5) is 0 Å². The average molecular weight is 462 g/mol. The number of nitrogens with zero attached hydrogens (tertiary/aromatic N) is 4. The third kappa shape index (κ3) is 4.80. The number of rotatable bonds is 6. The van der Waals surface area contributed by atoms with Gasteiger partial charge in [-0.15, -0.1) is 10.2 Å². The number of benzene rings is 1. The molecule has 0 radical (unpaired) electrons. The van der Waals surface area contributed by atoms with Gasteiger partial charge in [0.2, 0.25) is 15.9 Å². The first kappa shape index (κ1) is 22.7. The highest BCUT2D eigenvalue weighted by atomic mass is 32.2. The maximum Gasteiger partial charge on any atom is 0.241 e. The number of aromatic nitrogens is 3. The molecule has 2 aliphatic rings. The first-order valence-corrected chi connectivity index (χ1v) is 12.7. The zero-order valence-corrected chi connectivity index (χ0v) is 19.5. The summed E-state index contributed by atoms with van der Waals surface area (Å²) in [5, 5.41) is 8.87. The SMILES string of the molecule is COc1ccc(S(=O)(=O)N[C@@H](C)C(=O)N2CCCC(c3nnc4n3CCCCC4)C2)cc1. The Labute approximate surface area is 189 Å². The van der Waals surface area contributed by atoms with E-state index >= 15 is 0 Å². The fraction of sp³-hybridized carbons (Fsp3) is 0.591. The fourth-order valence-corrected chi connectivity index (χ4v) is 5.77. The number of piperidine rings is 1. The number of hydrogen-bond acceptors (Lipinski definition) is 6. The summed E-state index contributed by atoms with van der Waals surface area (Å²) in [6, 6.07) is 5.23. The second kappa shape index (κ2) is 9.58. The molecule has 0 spiro atoms. The Hall–Kier alpha value is -2.46. The molecule has 1 unspecified atom stereocenters. The highest BCUT2D eigenvalue weighted by Gasteiger charge is 2.32. The van der Waals surface area contributed by atoms with Crippen LogP contribution >= 0.6 is 0 Å². The van der Waals surface area contributed by atoms with E-state index in [1.165, 1.54) is 25.7 Å². The summed E-state index contributed by atoms with van der Waals surface area (Å²) < 4.78 is 35.3. The zero-order valence-electron chi connectivity index (χ0n) is 18.7. The Bertz CT molecular complexity index is 1050. The van der Waals surface area contributed by atoms with Crippen molar-refractivity contribution in [3.63, 3.8) is 0 Å². The average Bonchev–Trinajstić information content (AvgIpc) is 3.06. The predicted molar refractivity (Wildman–Crippen MR) is 119 cm³/mol. The summed E-state index contributed by atoms with van der Waals surface area (Å²) in [6.07, 6.45) is 6.22. The van der Waals surface area contributed by atoms with Gasteiger partial charge >= 0.3 is 0 Å². The van der Waals surface area contributed by atoms with Crippen molar-refractivity contribution < 1.29 is 17.9 Å². The van der Waals surface area contributed by atoms with E-state index in [0.717, 1.165) is 50.3 Å². The Morgan fingerprint density at radius 1 is 1.12 bits per heavy atom. The van der Waals surface area contributed by atoms with Crippen molar-refractivity contribution >= 4 is 15.9 Å². The quantitative estimate of drug-likeness (QED) is 0.706. The highest BCUT2D eigenvalue weighted by molar-refractivity contribution is 7.89. The number of hydrogen-bond donors (Lipinski definition) is 1. The van der Waals surface area contributed by atoms with Crippen LogP contribution < -0.4 is 9.46 Å². The molecule has 0 saturated carbocycles. The standard InChI is InChI=1S/C22H31N5O4S/c1-16(25-32(29,30)19-11-9-18(31-2)10-12-19)22(28)26-13-6-7-17(15-26)21-24-23-20-8-4-3-5-14-27(20)21/h9-12,16-17,25H,3-8,13-15H2,1-2H3/t16-,17?/m0/s1. The van der Waals surface area contributed by atoms with Crippen molar-refractivity contribution in [2.75, 3.05) is 20.2 Å². The molecule has 174 valence electrons. The number of nitrogens with one attached hydrogen (secondary N) is 1. The van der Waals surface area contributed by atoms with E-state index < -0.39 is 16.1 Å². The van der Waals surface area contributed by atoms with Crippen LogP contribution in [0.1, 0.15) is 56.6 Å². The van der Waals surface area contributed by atoms with Gasteiger partial charge in [0.1, 0.15) is 17.4 Å². The van der Waals surface area contributed by atoms with E-state index in [4.69, 9.17) is 4.74 Å². The molecule has 10 heteroatoms. The van der Waals surface area contributed by atoms with Crippen LogP contribution in [0.3, 0.4) is 0 Å². The third-order valence-electron chi connectivity index (χ3n) is 6.31. The summed E-state index contributed by atoms with van der Waals surface area (Å²) in [4.78, 5) is 15.0. The first-order chi connectivity index (χ1) is 15.4. The fourth-order valence-electron chi connectivity index (χ4n) is 4.58. The van der Waals surface area contributed by atoms with Crippen LogP contribution in [0.25, 0.3) is 0 Å². The molecule has 2 aliphatic heterocycles. The smallest absolute Gasteiger partial charge is 0.241 e. The third-order valence-corrected chi connectivity index (χ3v) is 7.87. The molecule has 1 amide bonds. The van der Waals surface area contributed by atoms with Crippen LogP contribution in [-0.4, -0.2) is 60.2 Å². The molecule has 32 heavy (non-hydrogen) atoms. The number of fused-ring (bicyclic) bond motifs is 1. The summed E-state index contributed by atoms with van der Waals surface area (Å²) >= 11 is 0. The van der Waals surface area contributed by atoms with Crippen LogP contribution in [0.5, 0.6) is 5.75 Å². The van der Waals surface area contributed by atoms with Gasteiger partial charge in [0.05, 0.1) is 18.0 Å². The van der Waals surface area contributed by atoms with Gasteiger partial charge in [-0.2, -0.15) is 4.72 Å². The van der Waals surface area contributed by atoms with E-state index in [1.807, 2.05) is 0 Å². The summed E-state index contributed by atoms with van der Waals surface area (Å²) in [7, 11) is -2.30. The Morgan fingerprint density at radius 3 is 2.66 bits per heavy atom. The molecular formula is C22H31N5O4S. The molecule has 2 atom stereocenters. The lowest BCUT2D eigenvalue weighted by molar-refractivity contribution is -0.133. The molecule has 1 aromatic heterocycles. The molecule has 3 heterocycles. The second-order valence-corrected chi connectivity index (χ2v) is 10.3. The van der Waals surface area contributed by atoms with Crippen molar-refractivity contribution in [3.05, 3.63) is 35.9 Å². The maximum atomic E-state index is 13.1. The Morgan fingerprint density at radius 2 is 1.91 bits per heavy atom. The van der Waals surface area contributed by atoms with Gasteiger partial charge in [-0.25, -0.2) is 8.42 Å². The zero-order chi connectivity index (χ0) is 22.7. The molecule has 0 bridgehead atoms. The number of carbonyl (C=O) groups is 1. The minimum Gasteiger partial charge on any atom is -0.497 e. The van der Waals surface area contributed by atoms with Crippen molar-refractivity contribution in [2.24, 2.45) is 0 Å². The van der Waals surface area contributed by atoms with E-state index in [-0.39, 0.29) is 16.7 Å². The van der Waals surface area contributed by atoms with Crippen LogP contribution in [0.15, 0.2) is 29.2 Å². The number of likely N-dealkylation sites (tertiary alicyclic amines) is 1. The summed E-state index contributed by atoms with van der Waals surface area (Å²) in [5.41, 5.74) is 0. The van der Waals surface area contributed by atoms with Gasteiger partial charge in [-0.05, 0) is 56.9 Å². The van der Waals surface area contributed by atoms with E-state index in [0.29, 0.717) is 18.8 Å². The van der Waals surface area contributed by atoms with Gasteiger partial charge < -0.3 is 14.2 Å². The first-order valence-electron chi connectivity index (χ1n) is 11.3. The van der Waals surface area contributed by atoms with Gasteiger partial charge in [0.15, 0.2) is 0 Å². The molecule has 1 N–H and O–H groups in total. The summed E-state index contributed by atoms with van der Waals surface area (Å²) in [6.45, 7) is 3.67. The Kier molecular flexibility index (Phi) is 6.80. The minimum absolute atomic E-state index is 0.0978. The van der Waals surface area contributed by atoms with E-state index in [1.54, 1.807) is 24.0 Å². The lowest BCUT2D eigenvalue weighted by Crippen LogP contribution is -2.49. The molecule has 1 fully saturated rings.